The summed E-state index contributed by atoms with van der Waals surface area (Å²) in [6, 6.07) is 0. The molecule has 0 amide bonds. The van der Waals surface area contributed by atoms with Crippen LogP contribution in [0.2, 0.25) is 0 Å². The van der Waals surface area contributed by atoms with Gasteiger partial charge in [-0.3, -0.25) is 0 Å². The lowest BCUT2D eigenvalue weighted by Gasteiger charge is -2.29. The number of allylic oxidation sites excluding steroid dienone is 1. The lowest BCUT2D eigenvalue weighted by atomic mass is 9.76. The fraction of sp³-hybridized carbons (Fsp3) is 0.833. The molecule has 12 heavy (non-hydrogen) atoms. The van der Waals surface area contributed by atoms with Crippen molar-refractivity contribution in [1.82, 2.24) is 0 Å². The molecule has 1 saturated carbocycles. The van der Waals surface area contributed by atoms with Gasteiger partial charge < -0.3 is 0 Å². The summed E-state index contributed by atoms with van der Waals surface area (Å²) in [7, 11) is 0. The molecule has 0 aliphatic heterocycles. The van der Waals surface area contributed by atoms with Crippen molar-refractivity contribution in [2.45, 2.75) is 52.4 Å². The van der Waals surface area contributed by atoms with Gasteiger partial charge >= 0.3 is 0 Å². The first-order valence-corrected chi connectivity index (χ1v) is 5.39. The fourth-order valence-corrected chi connectivity index (χ4v) is 2.04. The summed E-state index contributed by atoms with van der Waals surface area (Å²) < 4.78 is 0. The van der Waals surface area contributed by atoms with Gasteiger partial charge in [-0.1, -0.05) is 44.8 Å². The summed E-state index contributed by atoms with van der Waals surface area (Å²) in [5.74, 6) is 1.86. The molecule has 0 aromatic rings. The molecule has 0 saturated heterocycles. The fourth-order valence-electron chi connectivity index (χ4n) is 2.04. The van der Waals surface area contributed by atoms with E-state index in [-0.39, 0.29) is 0 Å². The predicted octanol–water partition coefficient (Wildman–Crippen LogP) is 4.17. The monoisotopic (exact) mass is 166 g/mol. The van der Waals surface area contributed by atoms with E-state index in [1.165, 1.54) is 44.1 Å². The Bertz CT molecular complexity index is 142. The average Bonchev–Trinajstić information content (AvgIpc) is 1.93. The minimum atomic E-state index is 0.820. The molecule has 70 valence electrons. The van der Waals surface area contributed by atoms with Crippen LogP contribution in [0.3, 0.4) is 0 Å². The molecule has 1 atom stereocenters. The SMILES string of the molecule is C=C(C)C(CCC)CC1CCC1. The normalized spacial score (nSPS) is 20.2. The Morgan fingerprint density at radius 3 is 2.50 bits per heavy atom. The van der Waals surface area contributed by atoms with Crippen LogP contribution in [-0.4, -0.2) is 0 Å². The second-order valence-electron chi connectivity index (χ2n) is 4.36. The van der Waals surface area contributed by atoms with Crippen molar-refractivity contribution < 1.29 is 0 Å². The van der Waals surface area contributed by atoms with Gasteiger partial charge in [0.2, 0.25) is 0 Å². The minimum absolute atomic E-state index is 0.820. The Morgan fingerprint density at radius 1 is 1.50 bits per heavy atom. The van der Waals surface area contributed by atoms with Gasteiger partial charge in [-0.15, -0.1) is 0 Å². The quantitative estimate of drug-likeness (QED) is 0.538. The van der Waals surface area contributed by atoms with Gasteiger partial charge in [-0.2, -0.15) is 0 Å². The van der Waals surface area contributed by atoms with Crippen LogP contribution in [0.15, 0.2) is 12.2 Å². The molecule has 0 heteroatoms. The molecule has 0 nitrogen and oxygen atoms in total. The Morgan fingerprint density at radius 2 is 2.17 bits per heavy atom. The van der Waals surface area contributed by atoms with E-state index < -0.39 is 0 Å². The molecule has 0 bridgehead atoms. The summed E-state index contributed by atoms with van der Waals surface area (Å²) in [4.78, 5) is 0. The minimum Gasteiger partial charge on any atom is -0.0999 e. The first-order valence-electron chi connectivity index (χ1n) is 5.39. The molecule has 1 fully saturated rings. The van der Waals surface area contributed by atoms with Crippen LogP contribution in [-0.2, 0) is 0 Å². The van der Waals surface area contributed by atoms with Gasteiger partial charge in [0, 0.05) is 0 Å². The first-order chi connectivity index (χ1) is 5.74. The zero-order valence-corrected chi connectivity index (χ0v) is 8.60. The zero-order chi connectivity index (χ0) is 8.97. The van der Waals surface area contributed by atoms with Crippen LogP contribution in [0, 0.1) is 11.8 Å². The largest absolute Gasteiger partial charge is 0.0999 e. The van der Waals surface area contributed by atoms with Crippen molar-refractivity contribution in [3.63, 3.8) is 0 Å². The molecule has 0 radical (unpaired) electrons. The van der Waals surface area contributed by atoms with Crippen LogP contribution < -0.4 is 0 Å². The van der Waals surface area contributed by atoms with Crippen LogP contribution in [0.4, 0.5) is 0 Å². The molecular weight excluding hydrogens is 144 g/mol. The lowest BCUT2D eigenvalue weighted by molar-refractivity contribution is 0.257. The predicted molar refractivity (Wildman–Crippen MR) is 55.2 cm³/mol. The summed E-state index contributed by atoms with van der Waals surface area (Å²) in [5, 5.41) is 0. The van der Waals surface area contributed by atoms with Crippen LogP contribution in [0.5, 0.6) is 0 Å². The highest BCUT2D eigenvalue weighted by Gasteiger charge is 2.21. The number of hydrogen-bond donors (Lipinski definition) is 0. The number of rotatable bonds is 5. The molecule has 0 N–H and O–H groups in total. The highest BCUT2D eigenvalue weighted by atomic mass is 14.3. The van der Waals surface area contributed by atoms with Gasteiger partial charge in [-0.05, 0) is 31.6 Å². The van der Waals surface area contributed by atoms with E-state index in [0.717, 1.165) is 11.8 Å². The average molecular weight is 166 g/mol. The van der Waals surface area contributed by atoms with Crippen LogP contribution in [0.1, 0.15) is 52.4 Å². The van der Waals surface area contributed by atoms with E-state index in [4.69, 9.17) is 0 Å². The van der Waals surface area contributed by atoms with Gasteiger partial charge in [0.05, 0.1) is 0 Å². The van der Waals surface area contributed by atoms with Crippen molar-refractivity contribution in [3.05, 3.63) is 12.2 Å². The second kappa shape index (κ2) is 4.69. The van der Waals surface area contributed by atoms with E-state index >= 15 is 0 Å². The first kappa shape index (κ1) is 9.83. The van der Waals surface area contributed by atoms with Gasteiger partial charge in [0.25, 0.3) is 0 Å². The molecule has 0 spiro atoms. The smallest absolute Gasteiger partial charge is 0.0206 e. The molecule has 1 unspecified atom stereocenters. The maximum Gasteiger partial charge on any atom is -0.0206 e. The molecular formula is C12H22. The van der Waals surface area contributed by atoms with Crippen molar-refractivity contribution in [1.29, 1.82) is 0 Å². The van der Waals surface area contributed by atoms with Crippen LogP contribution in [0.25, 0.3) is 0 Å². The van der Waals surface area contributed by atoms with Gasteiger partial charge in [-0.25, -0.2) is 0 Å². The highest BCUT2D eigenvalue weighted by Crippen LogP contribution is 2.35. The Labute approximate surface area is 77.1 Å². The van der Waals surface area contributed by atoms with E-state index in [0.29, 0.717) is 0 Å². The van der Waals surface area contributed by atoms with Crippen molar-refractivity contribution in [2.75, 3.05) is 0 Å². The molecule has 0 aromatic carbocycles. The summed E-state index contributed by atoms with van der Waals surface area (Å²) in [5.41, 5.74) is 1.41. The summed E-state index contributed by atoms with van der Waals surface area (Å²) in [6.07, 6.45) is 8.51. The van der Waals surface area contributed by atoms with Crippen molar-refractivity contribution >= 4 is 0 Å². The van der Waals surface area contributed by atoms with E-state index in [2.05, 4.69) is 20.4 Å². The molecule has 0 heterocycles. The standard InChI is InChI=1S/C12H22/c1-4-6-12(10(2)3)9-11-7-5-8-11/h11-12H,2,4-9H2,1,3H3. The molecule has 0 aromatic heterocycles. The lowest BCUT2D eigenvalue weighted by Crippen LogP contribution is -2.16. The van der Waals surface area contributed by atoms with Gasteiger partial charge in [0.1, 0.15) is 0 Å². The summed E-state index contributed by atoms with van der Waals surface area (Å²) >= 11 is 0. The molecule has 1 rings (SSSR count). The topological polar surface area (TPSA) is 0 Å². The van der Waals surface area contributed by atoms with Crippen LogP contribution >= 0.6 is 0 Å². The van der Waals surface area contributed by atoms with Crippen molar-refractivity contribution in [2.24, 2.45) is 11.8 Å². The zero-order valence-electron chi connectivity index (χ0n) is 8.60. The third-order valence-corrected chi connectivity index (χ3v) is 3.18. The Kier molecular flexibility index (Phi) is 3.84. The van der Waals surface area contributed by atoms with E-state index in [9.17, 15) is 0 Å². The third-order valence-electron chi connectivity index (χ3n) is 3.18. The second-order valence-corrected chi connectivity index (χ2v) is 4.36. The van der Waals surface area contributed by atoms with Gasteiger partial charge in [0.15, 0.2) is 0 Å². The summed E-state index contributed by atoms with van der Waals surface area (Å²) in [6.45, 7) is 8.55. The Balaban J connectivity index is 2.26. The third kappa shape index (κ3) is 2.66. The molecule has 1 aliphatic rings. The Hall–Kier alpha value is -0.260. The van der Waals surface area contributed by atoms with E-state index in [1.807, 2.05) is 0 Å². The maximum absolute atomic E-state index is 4.09. The van der Waals surface area contributed by atoms with E-state index in [1.54, 1.807) is 0 Å². The number of hydrogen-bond acceptors (Lipinski definition) is 0. The van der Waals surface area contributed by atoms with Crippen molar-refractivity contribution in [3.8, 4) is 0 Å². The molecule has 1 aliphatic carbocycles. The maximum atomic E-state index is 4.09. The highest BCUT2D eigenvalue weighted by molar-refractivity contribution is 4.97.